The number of rotatable bonds is 6. The fourth-order valence-electron chi connectivity index (χ4n) is 2.58. The Morgan fingerprint density at radius 3 is 2.95 bits per heavy atom. The van der Waals surface area contributed by atoms with Gasteiger partial charge in [-0.3, -0.25) is 0 Å². The predicted octanol–water partition coefficient (Wildman–Crippen LogP) is 2.81. The molecule has 112 valence electrons. The fraction of sp³-hybridized carbons (Fsp3) is 0.438. The molecule has 0 fully saturated rings. The number of benzene rings is 1. The van der Waals surface area contributed by atoms with Gasteiger partial charge < -0.3 is 19.8 Å². The number of nitrogens with zero attached hydrogens (tertiary/aromatic N) is 1. The number of imidazole rings is 1. The zero-order valence-electron chi connectivity index (χ0n) is 12.4. The number of aryl methyl sites for hydroxylation is 1. The number of hydrogen-bond acceptors (Lipinski definition) is 4. The van der Waals surface area contributed by atoms with Crippen molar-refractivity contribution in [3.63, 3.8) is 0 Å². The molecular weight excluding hydrogens is 266 g/mol. The summed E-state index contributed by atoms with van der Waals surface area (Å²) in [5, 5.41) is 3.56. The highest BCUT2D eigenvalue weighted by molar-refractivity contribution is 5.44. The first-order valence-corrected chi connectivity index (χ1v) is 7.36. The zero-order chi connectivity index (χ0) is 14.7. The van der Waals surface area contributed by atoms with Gasteiger partial charge in [0.2, 0.25) is 6.79 Å². The molecule has 3 rings (SSSR count). The quantitative estimate of drug-likeness (QED) is 0.857. The number of hydrogen-bond donors (Lipinski definition) is 2. The summed E-state index contributed by atoms with van der Waals surface area (Å²) in [6.45, 7) is 4.65. The molecule has 0 radical (unpaired) electrons. The Hall–Kier alpha value is -2.01. The van der Waals surface area contributed by atoms with Gasteiger partial charge in [0.25, 0.3) is 0 Å². The van der Waals surface area contributed by atoms with Gasteiger partial charge in [-0.05, 0) is 44.4 Å². The van der Waals surface area contributed by atoms with Gasteiger partial charge in [-0.15, -0.1) is 0 Å². The maximum absolute atomic E-state index is 5.41. The van der Waals surface area contributed by atoms with Crippen LogP contribution in [-0.2, 0) is 6.42 Å². The van der Waals surface area contributed by atoms with Crippen molar-refractivity contribution >= 4 is 0 Å². The molecule has 2 unspecified atom stereocenters. The molecule has 0 bridgehead atoms. The summed E-state index contributed by atoms with van der Waals surface area (Å²) >= 11 is 0. The summed E-state index contributed by atoms with van der Waals surface area (Å²) in [6, 6.07) is 6.81. The molecule has 1 aliphatic rings. The largest absolute Gasteiger partial charge is 0.454 e. The van der Waals surface area contributed by atoms with Crippen molar-refractivity contribution in [2.24, 2.45) is 0 Å². The SMILES string of the molecule is CC(CCc1ccc2c(c1)OCO2)NC(C)c1ncc[nH]1. The number of H-pyrrole nitrogens is 1. The number of aromatic nitrogens is 2. The van der Waals surface area contributed by atoms with Gasteiger partial charge in [0.1, 0.15) is 5.82 Å². The molecule has 5 nitrogen and oxygen atoms in total. The lowest BCUT2D eigenvalue weighted by Crippen LogP contribution is -2.30. The lowest BCUT2D eigenvalue weighted by Gasteiger charge is -2.18. The Bertz CT molecular complexity index is 583. The first kappa shape index (κ1) is 13.9. The third-order valence-corrected chi connectivity index (χ3v) is 3.77. The van der Waals surface area contributed by atoms with Crippen molar-refractivity contribution in [1.29, 1.82) is 0 Å². The monoisotopic (exact) mass is 287 g/mol. The van der Waals surface area contributed by atoms with E-state index in [1.165, 1.54) is 5.56 Å². The minimum Gasteiger partial charge on any atom is -0.454 e. The predicted molar refractivity (Wildman–Crippen MR) is 80.5 cm³/mol. The van der Waals surface area contributed by atoms with Gasteiger partial charge in [-0.1, -0.05) is 6.07 Å². The standard InChI is InChI=1S/C16H21N3O2/c1-11(19-12(2)16-17-7-8-18-16)3-4-13-5-6-14-15(9-13)21-10-20-14/h5-9,11-12,19H,3-4,10H2,1-2H3,(H,17,18). The van der Waals surface area contributed by atoms with Crippen LogP contribution in [0, 0.1) is 0 Å². The maximum atomic E-state index is 5.41. The molecule has 0 spiro atoms. The summed E-state index contributed by atoms with van der Waals surface area (Å²) in [7, 11) is 0. The maximum Gasteiger partial charge on any atom is 0.231 e. The number of fused-ring (bicyclic) bond motifs is 1. The Balaban J connectivity index is 1.50. The summed E-state index contributed by atoms with van der Waals surface area (Å²) in [6.07, 6.45) is 5.70. The molecule has 0 saturated carbocycles. The molecule has 1 aromatic heterocycles. The smallest absolute Gasteiger partial charge is 0.231 e. The van der Waals surface area contributed by atoms with E-state index in [0.29, 0.717) is 12.8 Å². The van der Waals surface area contributed by atoms with Crippen LogP contribution in [-0.4, -0.2) is 22.8 Å². The van der Waals surface area contributed by atoms with Gasteiger partial charge in [0.15, 0.2) is 11.5 Å². The number of nitrogens with one attached hydrogen (secondary N) is 2. The van der Waals surface area contributed by atoms with E-state index in [4.69, 9.17) is 9.47 Å². The molecule has 2 atom stereocenters. The van der Waals surface area contributed by atoms with Crippen LogP contribution in [0.3, 0.4) is 0 Å². The number of aromatic amines is 1. The van der Waals surface area contributed by atoms with Crippen molar-refractivity contribution < 1.29 is 9.47 Å². The van der Waals surface area contributed by atoms with Crippen LogP contribution in [0.5, 0.6) is 11.5 Å². The van der Waals surface area contributed by atoms with E-state index in [1.54, 1.807) is 6.20 Å². The third-order valence-electron chi connectivity index (χ3n) is 3.77. The fourth-order valence-corrected chi connectivity index (χ4v) is 2.58. The Labute approximate surface area is 124 Å². The topological polar surface area (TPSA) is 59.2 Å². The van der Waals surface area contributed by atoms with Crippen molar-refractivity contribution in [2.45, 2.75) is 38.8 Å². The Morgan fingerprint density at radius 1 is 1.29 bits per heavy atom. The highest BCUT2D eigenvalue weighted by Crippen LogP contribution is 2.32. The highest BCUT2D eigenvalue weighted by atomic mass is 16.7. The molecule has 0 amide bonds. The molecule has 2 N–H and O–H groups in total. The van der Waals surface area contributed by atoms with E-state index < -0.39 is 0 Å². The first-order valence-electron chi connectivity index (χ1n) is 7.36. The van der Waals surface area contributed by atoms with Crippen LogP contribution in [0.2, 0.25) is 0 Å². The van der Waals surface area contributed by atoms with Crippen LogP contribution in [0.1, 0.15) is 37.7 Å². The normalized spacial score (nSPS) is 15.9. The second-order valence-corrected chi connectivity index (χ2v) is 5.49. The minimum absolute atomic E-state index is 0.228. The number of ether oxygens (including phenoxy) is 2. The van der Waals surface area contributed by atoms with E-state index in [1.807, 2.05) is 12.3 Å². The second kappa shape index (κ2) is 6.18. The summed E-state index contributed by atoms with van der Waals surface area (Å²) < 4.78 is 10.7. The molecule has 2 aromatic rings. The van der Waals surface area contributed by atoms with Crippen LogP contribution in [0.4, 0.5) is 0 Å². The first-order chi connectivity index (χ1) is 10.2. The van der Waals surface area contributed by atoms with Crippen molar-refractivity contribution in [1.82, 2.24) is 15.3 Å². The van der Waals surface area contributed by atoms with E-state index in [9.17, 15) is 0 Å². The third kappa shape index (κ3) is 3.36. The summed E-state index contributed by atoms with van der Waals surface area (Å²) in [5.41, 5.74) is 1.28. The van der Waals surface area contributed by atoms with Crippen molar-refractivity contribution in [2.75, 3.05) is 6.79 Å². The van der Waals surface area contributed by atoms with E-state index >= 15 is 0 Å². The van der Waals surface area contributed by atoms with Gasteiger partial charge in [0, 0.05) is 18.4 Å². The van der Waals surface area contributed by atoms with Gasteiger partial charge >= 0.3 is 0 Å². The zero-order valence-corrected chi connectivity index (χ0v) is 12.4. The second-order valence-electron chi connectivity index (χ2n) is 5.49. The summed E-state index contributed by atoms with van der Waals surface area (Å²) in [4.78, 5) is 7.42. The molecular formula is C16H21N3O2. The van der Waals surface area contributed by atoms with Crippen LogP contribution >= 0.6 is 0 Å². The molecule has 0 saturated heterocycles. The molecule has 0 aliphatic carbocycles. The van der Waals surface area contributed by atoms with Gasteiger partial charge in [-0.2, -0.15) is 0 Å². The average molecular weight is 287 g/mol. The van der Waals surface area contributed by atoms with Crippen molar-refractivity contribution in [3.8, 4) is 11.5 Å². The highest BCUT2D eigenvalue weighted by Gasteiger charge is 2.14. The lowest BCUT2D eigenvalue weighted by molar-refractivity contribution is 0.174. The van der Waals surface area contributed by atoms with Gasteiger partial charge in [0.05, 0.1) is 6.04 Å². The van der Waals surface area contributed by atoms with Crippen molar-refractivity contribution in [3.05, 3.63) is 42.0 Å². The van der Waals surface area contributed by atoms with E-state index in [0.717, 1.165) is 30.2 Å². The minimum atomic E-state index is 0.228. The Morgan fingerprint density at radius 2 is 2.14 bits per heavy atom. The van der Waals surface area contributed by atoms with E-state index in [-0.39, 0.29) is 6.04 Å². The molecule has 5 heteroatoms. The molecule has 1 aromatic carbocycles. The van der Waals surface area contributed by atoms with Crippen LogP contribution < -0.4 is 14.8 Å². The molecule has 21 heavy (non-hydrogen) atoms. The van der Waals surface area contributed by atoms with Gasteiger partial charge in [-0.25, -0.2) is 4.98 Å². The molecule has 2 heterocycles. The average Bonchev–Trinajstić information content (AvgIpc) is 3.15. The summed E-state index contributed by atoms with van der Waals surface area (Å²) in [5.74, 6) is 2.68. The lowest BCUT2D eigenvalue weighted by atomic mass is 10.0. The van der Waals surface area contributed by atoms with E-state index in [2.05, 4.69) is 41.3 Å². The van der Waals surface area contributed by atoms with Crippen LogP contribution in [0.25, 0.3) is 0 Å². The molecule has 1 aliphatic heterocycles. The van der Waals surface area contributed by atoms with Crippen LogP contribution in [0.15, 0.2) is 30.6 Å². The Kier molecular flexibility index (Phi) is 4.10.